The summed E-state index contributed by atoms with van der Waals surface area (Å²) in [5.74, 6) is 0.232. The lowest BCUT2D eigenvalue weighted by atomic mass is 10.1. The monoisotopic (exact) mass is 404 g/mol. The summed E-state index contributed by atoms with van der Waals surface area (Å²) in [6.45, 7) is 0.374. The number of anilines is 2. The topological polar surface area (TPSA) is 85.7 Å². The molecule has 2 fully saturated rings. The minimum absolute atomic E-state index is 0. The first-order valence-electron chi connectivity index (χ1n) is 9.15. The Kier molecular flexibility index (Phi) is 4.72. The van der Waals surface area contributed by atoms with E-state index in [1.54, 1.807) is 0 Å². The third kappa shape index (κ3) is 3.54. The van der Waals surface area contributed by atoms with Gasteiger partial charge in [-0.15, -0.1) is 0 Å². The minimum atomic E-state index is -4.57. The number of alkyl halides is 3. The van der Waals surface area contributed by atoms with Gasteiger partial charge in [-0.2, -0.15) is 18.2 Å². The van der Waals surface area contributed by atoms with Crippen molar-refractivity contribution in [1.29, 1.82) is 0 Å². The number of nitrogens with zero attached hydrogens (tertiary/aromatic N) is 3. The number of aromatic nitrogens is 2. The van der Waals surface area contributed by atoms with Crippen molar-refractivity contribution >= 4 is 17.7 Å². The van der Waals surface area contributed by atoms with Gasteiger partial charge in [0.25, 0.3) is 5.56 Å². The Hall–Kier alpha value is -2.30. The largest absolute Gasteiger partial charge is 0.468 e. The number of carbonyl (C=O) groups is 1. The third-order valence-electron chi connectivity index (χ3n) is 5.62. The summed E-state index contributed by atoms with van der Waals surface area (Å²) in [5.41, 5.74) is -0.473. The first-order chi connectivity index (χ1) is 13.3. The van der Waals surface area contributed by atoms with Gasteiger partial charge in [-0.3, -0.25) is 14.2 Å². The SMILES string of the molecule is COC(=O)CN1c2nc(NC[C@H]3OCC4CC43)cc(=O)n2CC[C@H]1C(F)(F)F.[HH]. The molecular formula is C17H23F3N4O4. The highest BCUT2D eigenvalue weighted by molar-refractivity contribution is 5.75. The molecule has 1 aromatic rings. The van der Waals surface area contributed by atoms with Gasteiger partial charge >= 0.3 is 12.1 Å². The van der Waals surface area contributed by atoms with Crippen LogP contribution in [0.25, 0.3) is 0 Å². The molecular weight excluding hydrogens is 381 g/mol. The number of fused-ring (bicyclic) bond motifs is 2. The average molecular weight is 404 g/mol. The average Bonchev–Trinajstić information content (AvgIpc) is 3.31. The molecule has 1 N–H and O–H groups in total. The molecule has 0 radical (unpaired) electrons. The molecule has 0 amide bonds. The van der Waals surface area contributed by atoms with Crippen LogP contribution in [0.4, 0.5) is 24.9 Å². The van der Waals surface area contributed by atoms with Crippen LogP contribution in [0.1, 0.15) is 14.3 Å². The van der Waals surface area contributed by atoms with Gasteiger partial charge in [-0.1, -0.05) is 0 Å². The fraction of sp³-hybridized carbons (Fsp3) is 0.706. The molecule has 2 unspecified atom stereocenters. The number of hydrogen-bond donors (Lipinski definition) is 1. The molecule has 0 bridgehead atoms. The molecule has 1 aliphatic carbocycles. The number of methoxy groups -OCH3 is 1. The van der Waals surface area contributed by atoms with Crippen molar-refractivity contribution in [2.75, 3.05) is 37.0 Å². The van der Waals surface area contributed by atoms with E-state index in [2.05, 4.69) is 15.0 Å². The van der Waals surface area contributed by atoms with Gasteiger partial charge in [0.15, 0.2) is 0 Å². The Labute approximate surface area is 160 Å². The fourth-order valence-electron chi connectivity index (χ4n) is 3.99. The summed E-state index contributed by atoms with van der Waals surface area (Å²) < 4.78 is 51.8. The van der Waals surface area contributed by atoms with E-state index in [1.807, 2.05) is 0 Å². The van der Waals surface area contributed by atoms with Crippen LogP contribution in [0, 0.1) is 11.8 Å². The molecule has 3 heterocycles. The zero-order valence-electron chi connectivity index (χ0n) is 15.2. The van der Waals surface area contributed by atoms with Gasteiger partial charge in [0.2, 0.25) is 5.95 Å². The number of nitrogens with one attached hydrogen (secondary N) is 1. The Morgan fingerprint density at radius 1 is 1.50 bits per heavy atom. The predicted molar refractivity (Wildman–Crippen MR) is 94.3 cm³/mol. The normalized spacial score (nSPS) is 28.5. The second kappa shape index (κ2) is 6.94. The zero-order chi connectivity index (χ0) is 20.1. The number of hydrogen-bond acceptors (Lipinski definition) is 7. The molecule has 1 saturated carbocycles. The Morgan fingerprint density at radius 3 is 2.89 bits per heavy atom. The second-order valence-electron chi connectivity index (χ2n) is 7.39. The lowest BCUT2D eigenvalue weighted by Crippen LogP contribution is -2.54. The van der Waals surface area contributed by atoms with Crippen LogP contribution < -0.4 is 15.8 Å². The molecule has 11 heteroatoms. The molecule has 28 heavy (non-hydrogen) atoms. The van der Waals surface area contributed by atoms with Crippen LogP contribution in [-0.2, 0) is 20.8 Å². The summed E-state index contributed by atoms with van der Waals surface area (Å²) in [4.78, 5) is 29.1. The van der Waals surface area contributed by atoms with Crippen molar-refractivity contribution in [3.05, 3.63) is 16.4 Å². The van der Waals surface area contributed by atoms with Crippen LogP contribution >= 0.6 is 0 Å². The maximum Gasteiger partial charge on any atom is 0.408 e. The van der Waals surface area contributed by atoms with Crippen molar-refractivity contribution in [2.24, 2.45) is 11.8 Å². The Balaban J connectivity index is 0.00000240. The van der Waals surface area contributed by atoms with Gasteiger partial charge in [-0.05, 0) is 24.7 Å². The van der Waals surface area contributed by atoms with E-state index < -0.39 is 30.3 Å². The number of esters is 1. The predicted octanol–water partition coefficient (Wildman–Crippen LogP) is 1.25. The molecule has 0 spiro atoms. The van der Waals surface area contributed by atoms with Gasteiger partial charge in [0.1, 0.15) is 18.4 Å². The van der Waals surface area contributed by atoms with Crippen LogP contribution in [0.2, 0.25) is 0 Å². The van der Waals surface area contributed by atoms with Gasteiger partial charge < -0.3 is 19.7 Å². The molecule has 4 atom stereocenters. The smallest absolute Gasteiger partial charge is 0.408 e. The maximum atomic E-state index is 13.5. The number of ether oxygens (including phenoxy) is 2. The van der Waals surface area contributed by atoms with Gasteiger partial charge in [0, 0.05) is 20.6 Å². The van der Waals surface area contributed by atoms with E-state index in [1.165, 1.54) is 6.07 Å². The summed E-state index contributed by atoms with van der Waals surface area (Å²) in [5, 5.41) is 3.00. The molecule has 1 saturated heterocycles. The molecule has 8 nitrogen and oxygen atoms in total. The fourth-order valence-corrected chi connectivity index (χ4v) is 3.99. The van der Waals surface area contributed by atoms with E-state index in [-0.39, 0.29) is 32.3 Å². The molecule has 1 aromatic heterocycles. The zero-order valence-corrected chi connectivity index (χ0v) is 15.2. The lowest BCUT2D eigenvalue weighted by Gasteiger charge is -2.38. The van der Waals surface area contributed by atoms with E-state index in [9.17, 15) is 22.8 Å². The van der Waals surface area contributed by atoms with Crippen molar-refractivity contribution in [3.63, 3.8) is 0 Å². The van der Waals surface area contributed by atoms with Crippen molar-refractivity contribution in [3.8, 4) is 0 Å². The maximum absolute atomic E-state index is 13.5. The number of carbonyl (C=O) groups excluding carboxylic acids is 1. The molecule has 0 aromatic carbocycles. The van der Waals surface area contributed by atoms with Gasteiger partial charge in [-0.25, -0.2) is 0 Å². The summed E-state index contributed by atoms with van der Waals surface area (Å²) in [6, 6.07) is -0.660. The van der Waals surface area contributed by atoms with E-state index >= 15 is 0 Å². The highest BCUT2D eigenvalue weighted by Gasteiger charge is 2.49. The molecule has 4 rings (SSSR count). The third-order valence-corrected chi connectivity index (χ3v) is 5.62. The van der Waals surface area contributed by atoms with Crippen LogP contribution in [-0.4, -0.2) is 60.6 Å². The summed E-state index contributed by atoms with van der Waals surface area (Å²) in [6.07, 6.45) is -3.79. The first kappa shape index (κ1) is 19.0. The first-order valence-corrected chi connectivity index (χ1v) is 9.15. The van der Waals surface area contributed by atoms with Crippen molar-refractivity contribution < 1.29 is 28.9 Å². The lowest BCUT2D eigenvalue weighted by molar-refractivity contribution is -0.155. The second-order valence-corrected chi connectivity index (χ2v) is 7.39. The number of rotatable bonds is 5. The van der Waals surface area contributed by atoms with E-state index in [0.717, 1.165) is 29.6 Å². The van der Waals surface area contributed by atoms with E-state index in [0.29, 0.717) is 18.4 Å². The van der Waals surface area contributed by atoms with Crippen LogP contribution in [0.3, 0.4) is 0 Å². The quantitative estimate of drug-likeness (QED) is 0.740. The summed E-state index contributed by atoms with van der Waals surface area (Å²) in [7, 11) is 1.10. The Bertz CT molecular complexity index is 834. The molecule has 156 valence electrons. The van der Waals surface area contributed by atoms with Crippen LogP contribution in [0.5, 0.6) is 0 Å². The van der Waals surface area contributed by atoms with Crippen molar-refractivity contribution in [2.45, 2.75) is 37.7 Å². The number of halogens is 3. The molecule has 2 aliphatic heterocycles. The summed E-state index contributed by atoms with van der Waals surface area (Å²) >= 11 is 0. The highest BCUT2D eigenvalue weighted by Crippen LogP contribution is 2.47. The van der Waals surface area contributed by atoms with Crippen LogP contribution in [0.15, 0.2) is 10.9 Å². The van der Waals surface area contributed by atoms with Crippen molar-refractivity contribution in [1.82, 2.24) is 9.55 Å². The molecule has 3 aliphatic rings. The van der Waals surface area contributed by atoms with E-state index in [4.69, 9.17) is 4.74 Å². The Morgan fingerprint density at radius 2 is 2.29 bits per heavy atom. The minimum Gasteiger partial charge on any atom is -0.468 e. The van der Waals surface area contributed by atoms with Gasteiger partial charge in [0.05, 0.1) is 19.8 Å². The highest BCUT2D eigenvalue weighted by atomic mass is 19.4. The standard InChI is InChI=1S/C17H21F3N4O4.H2/c1-27-15(26)7-24-12(17(18,19)20)2-3-23-14(25)5-13(22-16(23)24)21-6-11-10-4-9(10)8-28-11;/h5,9-12,21H,2-4,6-8H2,1H3;1H/t9?,10?,11-,12+;/m1./s1.